The number of hydrogen-bond acceptors (Lipinski definition) is 4. The van der Waals surface area contributed by atoms with Crippen LogP contribution in [0.1, 0.15) is 35.6 Å². The molecule has 132 valence electrons. The van der Waals surface area contributed by atoms with Crippen molar-refractivity contribution in [3.63, 3.8) is 0 Å². The van der Waals surface area contributed by atoms with E-state index in [1.165, 1.54) is 11.1 Å². The molecule has 5 nitrogen and oxygen atoms in total. The molecule has 3 heterocycles. The van der Waals surface area contributed by atoms with Gasteiger partial charge in [0.25, 0.3) is 5.91 Å². The summed E-state index contributed by atoms with van der Waals surface area (Å²) >= 11 is 0. The van der Waals surface area contributed by atoms with E-state index in [-0.39, 0.29) is 11.5 Å². The van der Waals surface area contributed by atoms with Crippen LogP contribution in [0.4, 0.5) is 0 Å². The van der Waals surface area contributed by atoms with Crippen molar-refractivity contribution in [1.29, 1.82) is 0 Å². The number of amides is 1. The number of hydrogen-bond donors (Lipinski definition) is 0. The van der Waals surface area contributed by atoms with Crippen molar-refractivity contribution in [2.75, 3.05) is 27.2 Å². The SMILES string of the molecule is CN(C)C(=O)C1OC2(CCN(Cc3ccoc3)CC2)c2ccccc21. The topological polar surface area (TPSA) is 45.9 Å². The van der Waals surface area contributed by atoms with Crippen molar-refractivity contribution in [3.8, 4) is 0 Å². The molecule has 0 radical (unpaired) electrons. The molecule has 0 bridgehead atoms. The molecule has 1 fully saturated rings. The zero-order valence-corrected chi connectivity index (χ0v) is 14.8. The minimum Gasteiger partial charge on any atom is -0.472 e. The number of carbonyl (C=O) groups is 1. The maximum atomic E-state index is 12.6. The van der Waals surface area contributed by atoms with Gasteiger partial charge in [-0.25, -0.2) is 0 Å². The smallest absolute Gasteiger partial charge is 0.255 e. The number of furan rings is 1. The van der Waals surface area contributed by atoms with Gasteiger partial charge in [0, 0.05) is 39.3 Å². The first-order valence-corrected chi connectivity index (χ1v) is 8.81. The molecule has 2 aliphatic rings. The normalized spacial score (nSPS) is 22.1. The molecule has 1 aromatic carbocycles. The maximum Gasteiger partial charge on any atom is 0.255 e. The van der Waals surface area contributed by atoms with E-state index in [4.69, 9.17) is 9.15 Å². The van der Waals surface area contributed by atoms with Crippen LogP contribution in [0.2, 0.25) is 0 Å². The van der Waals surface area contributed by atoms with Crippen molar-refractivity contribution in [2.24, 2.45) is 0 Å². The lowest BCUT2D eigenvalue weighted by Gasteiger charge is -2.39. The van der Waals surface area contributed by atoms with E-state index < -0.39 is 6.10 Å². The summed E-state index contributed by atoms with van der Waals surface area (Å²) in [6.45, 7) is 2.79. The highest BCUT2D eigenvalue weighted by Gasteiger charge is 2.48. The van der Waals surface area contributed by atoms with E-state index in [9.17, 15) is 4.79 Å². The van der Waals surface area contributed by atoms with E-state index in [0.717, 1.165) is 38.0 Å². The largest absolute Gasteiger partial charge is 0.472 e. The van der Waals surface area contributed by atoms with Crippen LogP contribution < -0.4 is 0 Å². The molecule has 5 heteroatoms. The second-order valence-corrected chi connectivity index (χ2v) is 7.22. The van der Waals surface area contributed by atoms with Crippen LogP contribution in [0.15, 0.2) is 47.3 Å². The molecule has 0 aliphatic carbocycles. The number of likely N-dealkylation sites (N-methyl/N-ethyl adjacent to an activating group) is 1. The van der Waals surface area contributed by atoms with Crippen molar-refractivity contribution in [1.82, 2.24) is 9.80 Å². The van der Waals surface area contributed by atoms with Gasteiger partial charge in [-0.3, -0.25) is 9.69 Å². The summed E-state index contributed by atoms with van der Waals surface area (Å²) in [5.74, 6) is 0.0187. The van der Waals surface area contributed by atoms with Gasteiger partial charge in [-0.05, 0) is 30.0 Å². The minimum atomic E-state index is -0.480. The molecule has 1 atom stereocenters. The van der Waals surface area contributed by atoms with Crippen LogP contribution in [0.3, 0.4) is 0 Å². The predicted molar refractivity (Wildman–Crippen MR) is 93.9 cm³/mol. The third-order valence-electron chi connectivity index (χ3n) is 5.39. The fraction of sp³-hybridized carbons (Fsp3) is 0.450. The van der Waals surface area contributed by atoms with E-state index in [2.05, 4.69) is 11.0 Å². The van der Waals surface area contributed by atoms with Gasteiger partial charge in [0.1, 0.15) is 0 Å². The van der Waals surface area contributed by atoms with Crippen LogP contribution in [0, 0.1) is 0 Å². The summed E-state index contributed by atoms with van der Waals surface area (Å²) in [7, 11) is 3.57. The Kier molecular flexibility index (Phi) is 4.13. The Morgan fingerprint density at radius 3 is 2.68 bits per heavy atom. The molecule has 0 saturated carbocycles. The van der Waals surface area contributed by atoms with Crippen molar-refractivity contribution in [3.05, 3.63) is 59.5 Å². The van der Waals surface area contributed by atoms with Gasteiger partial charge in [0.05, 0.1) is 18.1 Å². The highest BCUT2D eigenvalue weighted by Crippen LogP contribution is 2.49. The molecule has 4 rings (SSSR count). The van der Waals surface area contributed by atoms with Gasteiger partial charge in [-0.2, -0.15) is 0 Å². The second kappa shape index (κ2) is 6.32. The molecular weight excluding hydrogens is 316 g/mol. The van der Waals surface area contributed by atoms with Gasteiger partial charge in [-0.1, -0.05) is 24.3 Å². The Morgan fingerprint density at radius 1 is 1.24 bits per heavy atom. The number of ether oxygens (including phenoxy) is 1. The van der Waals surface area contributed by atoms with Crippen molar-refractivity contribution in [2.45, 2.75) is 31.1 Å². The molecule has 1 saturated heterocycles. The lowest BCUT2D eigenvalue weighted by atomic mass is 9.83. The summed E-state index contributed by atoms with van der Waals surface area (Å²) in [4.78, 5) is 16.6. The molecule has 1 unspecified atom stereocenters. The van der Waals surface area contributed by atoms with Crippen LogP contribution in [0.25, 0.3) is 0 Å². The van der Waals surface area contributed by atoms with Gasteiger partial charge < -0.3 is 14.1 Å². The Balaban J connectivity index is 1.54. The fourth-order valence-corrected chi connectivity index (χ4v) is 4.01. The highest BCUT2D eigenvalue weighted by atomic mass is 16.5. The van der Waals surface area contributed by atoms with Crippen LogP contribution in [-0.2, 0) is 21.7 Å². The third-order valence-corrected chi connectivity index (χ3v) is 5.39. The van der Waals surface area contributed by atoms with Crippen LogP contribution in [-0.4, -0.2) is 42.9 Å². The monoisotopic (exact) mass is 340 g/mol. The Morgan fingerprint density at radius 2 is 2.00 bits per heavy atom. The van der Waals surface area contributed by atoms with Gasteiger partial charge in [0.2, 0.25) is 0 Å². The third kappa shape index (κ3) is 2.87. The first-order valence-electron chi connectivity index (χ1n) is 8.81. The lowest BCUT2D eigenvalue weighted by molar-refractivity contribution is -0.158. The summed E-state index contributed by atoms with van der Waals surface area (Å²) in [5, 5.41) is 0. The number of piperidine rings is 1. The Hall–Kier alpha value is -2.11. The quantitative estimate of drug-likeness (QED) is 0.862. The lowest BCUT2D eigenvalue weighted by Crippen LogP contribution is -2.42. The summed E-state index contributed by atoms with van der Waals surface area (Å²) in [6, 6.07) is 10.2. The van der Waals surface area contributed by atoms with E-state index in [1.54, 1.807) is 31.5 Å². The Bertz CT molecular complexity index is 746. The highest BCUT2D eigenvalue weighted by molar-refractivity contribution is 5.83. The van der Waals surface area contributed by atoms with Crippen molar-refractivity contribution >= 4 is 5.91 Å². The van der Waals surface area contributed by atoms with E-state index in [1.807, 2.05) is 24.3 Å². The molecule has 1 aromatic heterocycles. The van der Waals surface area contributed by atoms with Gasteiger partial charge in [0.15, 0.2) is 6.10 Å². The zero-order valence-electron chi connectivity index (χ0n) is 14.8. The van der Waals surface area contributed by atoms with E-state index >= 15 is 0 Å². The fourth-order valence-electron chi connectivity index (χ4n) is 4.01. The maximum absolute atomic E-state index is 12.6. The van der Waals surface area contributed by atoms with Crippen LogP contribution in [0.5, 0.6) is 0 Å². The number of fused-ring (bicyclic) bond motifs is 2. The van der Waals surface area contributed by atoms with E-state index in [0.29, 0.717) is 0 Å². The molecule has 1 amide bonds. The number of carbonyl (C=O) groups excluding carboxylic acids is 1. The van der Waals surface area contributed by atoms with Crippen LogP contribution >= 0.6 is 0 Å². The predicted octanol–water partition coefficient (Wildman–Crippen LogP) is 2.93. The molecular formula is C20H24N2O3. The second-order valence-electron chi connectivity index (χ2n) is 7.22. The molecule has 0 N–H and O–H groups in total. The molecule has 1 spiro atoms. The van der Waals surface area contributed by atoms with Gasteiger partial charge in [-0.15, -0.1) is 0 Å². The first kappa shape index (κ1) is 16.4. The number of likely N-dealkylation sites (tertiary alicyclic amines) is 1. The average molecular weight is 340 g/mol. The minimum absolute atomic E-state index is 0.0187. The standard InChI is InChI=1S/C20H24N2O3/c1-21(2)19(23)18-16-5-3-4-6-17(16)20(25-18)8-10-22(11-9-20)13-15-7-12-24-14-15/h3-7,12,14,18H,8-11,13H2,1-2H3. The zero-order chi connectivity index (χ0) is 17.4. The first-order chi connectivity index (χ1) is 12.1. The van der Waals surface area contributed by atoms with Gasteiger partial charge >= 0.3 is 0 Å². The summed E-state index contributed by atoms with van der Waals surface area (Å²) < 4.78 is 11.6. The van der Waals surface area contributed by atoms with Crippen molar-refractivity contribution < 1.29 is 13.9 Å². The molecule has 2 aliphatic heterocycles. The molecule has 2 aromatic rings. The number of nitrogens with zero attached hydrogens (tertiary/aromatic N) is 2. The number of benzene rings is 1. The number of rotatable bonds is 3. The average Bonchev–Trinajstić information content (AvgIpc) is 3.24. The summed E-state index contributed by atoms with van der Waals surface area (Å²) in [6.07, 6.45) is 4.84. The Labute approximate surface area is 148 Å². The summed E-state index contributed by atoms with van der Waals surface area (Å²) in [5.41, 5.74) is 3.09. The molecule has 25 heavy (non-hydrogen) atoms.